The van der Waals surface area contributed by atoms with E-state index in [4.69, 9.17) is 0 Å². The Bertz CT molecular complexity index is 600. The summed E-state index contributed by atoms with van der Waals surface area (Å²) in [7, 11) is 0. The molecule has 1 aromatic carbocycles. The van der Waals surface area contributed by atoms with E-state index in [1.807, 2.05) is 18.2 Å². The number of unbranched alkanes of at least 4 members (excludes halogenated alkanes) is 5. The molecular formula is C17H24N4O. The van der Waals surface area contributed by atoms with Crippen LogP contribution in [0.25, 0.3) is 11.0 Å². The molecule has 0 radical (unpaired) electrons. The number of fused-ring (bicyclic) bond motifs is 1. The van der Waals surface area contributed by atoms with Crippen molar-refractivity contribution in [1.82, 2.24) is 15.3 Å². The number of amides is 2. The molecule has 1 aromatic heterocycles. The molecule has 5 nitrogen and oxygen atoms in total. The van der Waals surface area contributed by atoms with Gasteiger partial charge in [-0.15, -0.1) is 0 Å². The topological polar surface area (TPSA) is 66.9 Å². The lowest BCUT2D eigenvalue weighted by Crippen LogP contribution is -2.29. The Labute approximate surface area is 131 Å². The van der Waals surface area contributed by atoms with Crippen molar-refractivity contribution in [1.29, 1.82) is 0 Å². The van der Waals surface area contributed by atoms with Gasteiger partial charge in [-0.05, 0) is 24.6 Å². The maximum atomic E-state index is 11.8. The molecule has 0 bridgehead atoms. The van der Waals surface area contributed by atoms with Crippen LogP contribution in [0.3, 0.4) is 0 Å². The number of carbonyl (C=O) groups excluding carboxylic acids is 1. The van der Waals surface area contributed by atoms with Gasteiger partial charge in [0, 0.05) is 24.6 Å². The van der Waals surface area contributed by atoms with Crippen molar-refractivity contribution in [2.45, 2.75) is 45.4 Å². The first-order valence-corrected chi connectivity index (χ1v) is 8.05. The van der Waals surface area contributed by atoms with Crippen molar-refractivity contribution in [2.75, 3.05) is 11.9 Å². The van der Waals surface area contributed by atoms with Crippen LogP contribution in [0, 0.1) is 0 Å². The average molecular weight is 300 g/mol. The molecule has 2 amide bonds. The summed E-state index contributed by atoms with van der Waals surface area (Å²) >= 11 is 0. The van der Waals surface area contributed by atoms with Gasteiger partial charge in [0.25, 0.3) is 0 Å². The lowest BCUT2D eigenvalue weighted by Gasteiger charge is -2.08. The van der Waals surface area contributed by atoms with Gasteiger partial charge in [0.05, 0.1) is 11.0 Å². The number of benzene rings is 1. The van der Waals surface area contributed by atoms with Gasteiger partial charge in [0.1, 0.15) is 0 Å². The second-order valence-corrected chi connectivity index (χ2v) is 5.41. The molecule has 0 aliphatic heterocycles. The Morgan fingerprint density at radius 1 is 1.00 bits per heavy atom. The summed E-state index contributed by atoms with van der Waals surface area (Å²) in [5, 5.41) is 5.71. The van der Waals surface area contributed by atoms with Gasteiger partial charge in [-0.2, -0.15) is 0 Å². The molecule has 0 fully saturated rings. The molecule has 1 heterocycles. The number of carbonyl (C=O) groups is 1. The second-order valence-electron chi connectivity index (χ2n) is 5.41. The van der Waals surface area contributed by atoms with Gasteiger partial charge in [-0.1, -0.05) is 39.0 Å². The van der Waals surface area contributed by atoms with E-state index >= 15 is 0 Å². The van der Waals surface area contributed by atoms with Gasteiger partial charge < -0.3 is 10.6 Å². The zero-order chi connectivity index (χ0) is 15.6. The molecule has 0 atom stereocenters. The third-order valence-electron chi connectivity index (χ3n) is 3.54. The van der Waals surface area contributed by atoms with Crippen LogP contribution in [0.4, 0.5) is 10.5 Å². The van der Waals surface area contributed by atoms with E-state index in [9.17, 15) is 4.79 Å². The highest BCUT2D eigenvalue weighted by molar-refractivity contribution is 5.91. The highest BCUT2D eigenvalue weighted by Gasteiger charge is 2.03. The number of hydrogen-bond donors (Lipinski definition) is 2. The Morgan fingerprint density at radius 3 is 2.55 bits per heavy atom. The number of urea groups is 1. The minimum absolute atomic E-state index is 0.170. The maximum Gasteiger partial charge on any atom is 0.319 e. The van der Waals surface area contributed by atoms with Crippen LogP contribution in [0.1, 0.15) is 45.4 Å². The van der Waals surface area contributed by atoms with E-state index < -0.39 is 0 Å². The molecule has 0 aliphatic rings. The van der Waals surface area contributed by atoms with Crippen molar-refractivity contribution in [3.8, 4) is 0 Å². The van der Waals surface area contributed by atoms with Crippen LogP contribution in [0.15, 0.2) is 30.6 Å². The summed E-state index contributed by atoms with van der Waals surface area (Å²) < 4.78 is 0. The van der Waals surface area contributed by atoms with Crippen LogP contribution in [0.5, 0.6) is 0 Å². The first-order valence-electron chi connectivity index (χ1n) is 8.05. The molecular weight excluding hydrogens is 276 g/mol. The first-order chi connectivity index (χ1) is 10.8. The van der Waals surface area contributed by atoms with E-state index in [0.717, 1.165) is 23.1 Å². The molecule has 2 rings (SSSR count). The highest BCUT2D eigenvalue weighted by atomic mass is 16.2. The largest absolute Gasteiger partial charge is 0.338 e. The number of nitrogens with zero attached hydrogens (tertiary/aromatic N) is 2. The van der Waals surface area contributed by atoms with Crippen molar-refractivity contribution >= 4 is 22.8 Å². The van der Waals surface area contributed by atoms with E-state index in [0.29, 0.717) is 6.54 Å². The molecule has 0 saturated carbocycles. The Hall–Kier alpha value is -2.17. The third kappa shape index (κ3) is 5.31. The van der Waals surface area contributed by atoms with Gasteiger partial charge in [-0.3, -0.25) is 9.97 Å². The molecule has 2 aromatic rings. The quantitative estimate of drug-likeness (QED) is 0.721. The second kappa shape index (κ2) is 8.97. The zero-order valence-electron chi connectivity index (χ0n) is 13.1. The van der Waals surface area contributed by atoms with E-state index in [-0.39, 0.29) is 6.03 Å². The summed E-state index contributed by atoms with van der Waals surface area (Å²) in [4.78, 5) is 20.3. The van der Waals surface area contributed by atoms with Crippen molar-refractivity contribution < 1.29 is 4.79 Å². The summed E-state index contributed by atoms with van der Waals surface area (Å²) in [6.45, 7) is 2.93. The average Bonchev–Trinajstić information content (AvgIpc) is 2.54. The minimum Gasteiger partial charge on any atom is -0.338 e. The number of anilines is 1. The Kier molecular flexibility index (Phi) is 6.61. The van der Waals surface area contributed by atoms with Crippen molar-refractivity contribution in [3.05, 3.63) is 30.6 Å². The summed E-state index contributed by atoms with van der Waals surface area (Å²) in [6, 6.07) is 5.34. The van der Waals surface area contributed by atoms with Gasteiger partial charge >= 0.3 is 6.03 Å². The normalized spacial score (nSPS) is 10.6. The van der Waals surface area contributed by atoms with Crippen molar-refractivity contribution in [2.24, 2.45) is 0 Å². The molecule has 22 heavy (non-hydrogen) atoms. The van der Waals surface area contributed by atoms with E-state index in [1.54, 1.807) is 12.4 Å². The molecule has 5 heteroatoms. The SMILES string of the molecule is CCCCCCCCNC(=O)Nc1ccc2nccnc2c1. The fourth-order valence-corrected chi connectivity index (χ4v) is 2.32. The molecule has 0 saturated heterocycles. The van der Waals surface area contributed by atoms with Gasteiger partial charge in [0.15, 0.2) is 0 Å². The molecule has 2 N–H and O–H groups in total. The smallest absolute Gasteiger partial charge is 0.319 e. The van der Waals surface area contributed by atoms with Crippen LogP contribution in [0.2, 0.25) is 0 Å². The van der Waals surface area contributed by atoms with Crippen molar-refractivity contribution in [3.63, 3.8) is 0 Å². The van der Waals surface area contributed by atoms with E-state index in [1.165, 1.54) is 32.1 Å². The first kappa shape index (κ1) is 16.2. The van der Waals surface area contributed by atoms with E-state index in [2.05, 4.69) is 27.5 Å². The predicted octanol–water partition coefficient (Wildman–Crippen LogP) is 4.11. The van der Waals surface area contributed by atoms with Gasteiger partial charge in [-0.25, -0.2) is 4.79 Å². The fraction of sp³-hybridized carbons (Fsp3) is 0.471. The Morgan fingerprint density at radius 2 is 1.73 bits per heavy atom. The Balaban J connectivity index is 1.69. The molecule has 0 aliphatic carbocycles. The van der Waals surface area contributed by atoms with Crippen LogP contribution in [-0.4, -0.2) is 22.5 Å². The number of hydrogen-bond acceptors (Lipinski definition) is 3. The number of aromatic nitrogens is 2. The monoisotopic (exact) mass is 300 g/mol. The van der Waals surface area contributed by atoms with Crippen LogP contribution in [-0.2, 0) is 0 Å². The molecule has 0 spiro atoms. The van der Waals surface area contributed by atoms with Crippen LogP contribution >= 0.6 is 0 Å². The zero-order valence-corrected chi connectivity index (χ0v) is 13.1. The minimum atomic E-state index is -0.170. The highest BCUT2D eigenvalue weighted by Crippen LogP contribution is 2.14. The fourth-order valence-electron chi connectivity index (χ4n) is 2.32. The lowest BCUT2D eigenvalue weighted by molar-refractivity contribution is 0.252. The standard InChI is InChI=1S/C17H24N4O/c1-2-3-4-5-6-7-10-20-17(22)21-14-8-9-15-16(13-14)19-12-11-18-15/h8-9,11-13H,2-7,10H2,1H3,(H2,20,21,22). The third-order valence-corrected chi connectivity index (χ3v) is 3.54. The summed E-state index contributed by atoms with van der Waals surface area (Å²) in [5.41, 5.74) is 2.32. The van der Waals surface area contributed by atoms with Gasteiger partial charge in [0.2, 0.25) is 0 Å². The molecule has 118 valence electrons. The lowest BCUT2D eigenvalue weighted by atomic mass is 10.1. The van der Waals surface area contributed by atoms with Crippen LogP contribution < -0.4 is 10.6 Å². The maximum absolute atomic E-state index is 11.8. The summed E-state index contributed by atoms with van der Waals surface area (Å²) in [6.07, 6.45) is 10.6. The molecule has 0 unspecified atom stereocenters. The number of nitrogens with one attached hydrogen (secondary N) is 2. The number of rotatable bonds is 8. The predicted molar refractivity (Wildman–Crippen MR) is 89.9 cm³/mol. The summed E-state index contributed by atoms with van der Waals surface area (Å²) in [5.74, 6) is 0.